The number of carbonyl (C=O) groups excluding carboxylic acids is 2. The summed E-state index contributed by atoms with van der Waals surface area (Å²) in [6, 6.07) is 15.8. The number of unbranched alkanes of at least 4 members (excludes halogenated alkanes) is 1. The lowest BCUT2D eigenvalue weighted by molar-refractivity contribution is -0.134. The minimum Gasteiger partial charge on any atom is -0.456 e. The molecule has 0 spiro atoms. The summed E-state index contributed by atoms with van der Waals surface area (Å²) < 4.78 is 5.64. The predicted octanol–water partition coefficient (Wildman–Crippen LogP) is 7.97. The number of amidine groups is 1. The molecule has 2 aliphatic rings. The lowest BCUT2D eigenvalue weighted by Crippen LogP contribution is -2.47. The van der Waals surface area contributed by atoms with E-state index in [0.29, 0.717) is 18.0 Å². The molecule has 38 heavy (non-hydrogen) atoms. The topological polar surface area (TPSA) is 59.0 Å². The summed E-state index contributed by atoms with van der Waals surface area (Å²) in [4.78, 5) is 34.1. The van der Waals surface area contributed by atoms with Crippen molar-refractivity contribution in [2.45, 2.75) is 110 Å². The van der Waals surface area contributed by atoms with Gasteiger partial charge in [-0.15, -0.1) is 0 Å². The Morgan fingerprint density at radius 1 is 1.03 bits per heavy atom. The summed E-state index contributed by atoms with van der Waals surface area (Å²) in [5.74, 6) is 1.18. The Balaban J connectivity index is 1.57. The van der Waals surface area contributed by atoms with E-state index in [1.54, 1.807) is 0 Å². The molecule has 1 amide bonds. The number of rotatable bonds is 9. The highest BCUT2D eigenvalue weighted by molar-refractivity contribution is 6.08. The van der Waals surface area contributed by atoms with Crippen LogP contribution in [0.1, 0.15) is 108 Å². The fourth-order valence-corrected chi connectivity index (χ4v) is 5.96. The molecule has 5 nitrogen and oxygen atoms in total. The van der Waals surface area contributed by atoms with Crippen molar-refractivity contribution in [1.29, 1.82) is 0 Å². The molecule has 1 saturated carbocycles. The van der Waals surface area contributed by atoms with Crippen LogP contribution in [0.3, 0.4) is 0 Å². The van der Waals surface area contributed by atoms with Crippen LogP contribution in [0, 0.1) is 5.92 Å². The van der Waals surface area contributed by atoms with E-state index in [4.69, 9.17) is 9.73 Å². The first-order valence-electron chi connectivity index (χ1n) is 14.5. The van der Waals surface area contributed by atoms with Crippen LogP contribution in [0.15, 0.2) is 53.5 Å². The molecule has 204 valence electrons. The number of aliphatic imine (C=N–C) groups is 1. The quantitative estimate of drug-likeness (QED) is 0.318. The van der Waals surface area contributed by atoms with E-state index < -0.39 is 11.1 Å². The van der Waals surface area contributed by atoms with Crippen LogP contribution in [-0.2, 0) is 16.1 Å². The van der Waals surface area contributed by atoms with Crippen molar-refractivity contribution in [3.8, 4) is 11.1 Å². The molecule has 0 saturated heterocycles. The van der Waals surface area contributed by atoms with E-state index in [1.807, 2.05) is 62.1 Å². The van der Waals surface area contributed by atoms with E-state index in [9.17, 15) is 9.59 Å². The summed E-state index contributed by atoms with van der Waals surface area (Å²) in [5, 5.41) is 0. The highest BCUT2D eigenvalue weighted by atomic mass is 16.6. The minimum absolute atomic E-state index is 0.192. The Morgan fingerprint density at radius 3 is 2.34 bits per heavy atom. The molecule has 0 N–H and O–H groups in total. The zero-order valence-corrected chi connectivity index (χ0v) is 23.9. The van der Waals surface area contributed by atoms with Gasteiger partial charge in [-0.25, -0.2) is 4.79 Å². The normalized spacial score (nSPS) is 20.5. The van der Waals surface area contributed by atoms with Gasteiger partial charge in [0.25, 0.3) is 5.91 Å². The van der Waals surface area contributed by atoms with Gasteiger partial charge in [0.15, 0.2) is 0 Å². The molecule has 0 unspecified atom stereocenters. The average Bonchev–Trinajstić information content (AvgIpc) is 3.18. The van der Waals surface area contributed by atoms with Crippen molar-refractivity contribution in [2.75, 3.05) is 0 Å². The second-order valence-electron chi connectivity index (χ2n) is 11.9. The molecule has 0 bridgehead atoms. The van der Waals surface area contributed by atoms with Crippen LogP contribution in [0.25, 0.3) is 11.1 Å². The average molecular weight is 517 g/mol. The van der Waals surface area contributed by atoms with Crippen molar-refractivity contribution < 1.29 is 14.3 Å². The lowest BCUT2D eigenvalue weighted by atomic mass is 9.73. The van der Waals surface area contributed by atoms with Gasteiger partial charge in [-0.2, -0.15) is 0 Å². The molecule has 1 atom stereocenters. The van der Waals surface area contributed by atoms with Gasteiger partial charge in [-0.3, -0.25) is 14.7 Å². The molecule has 1 heterocycles. The Kier molecular flexibility index (Phi) is 8.74. The number of hydrogen-bond acceptors (Lipinski definition) is 4. The number of amides is 1. The van der Waals surface area contributed by atoms with Gasteiger partial charge < -0.3 is 4.74 Å². The summed E-state index contributed by atoms with van der Waals surface area (Å²) in [5.41, 5.74) is 2.27. The van der Waals surface area contributed by atoms with Gasteiger partial charge in [-0.05, 0) is 75.1 Å². The smallest absolute Gasteiger partial charge is 0.339 e. The van der Waals surface area contributed by atoms with Crippen LogP contribution >= 0.6 is 0 Å². The summed E-state index contributed by atoms with van der Waals surface area (Å²) >= 11 is 0. The third kappa shape index (κ3) is 6.03. The van der Waals surface area contributed by atoms with Gasteiger partial charge in [0, 0.05) is 6.42 Å². The third-order valence-corrected chi connectivity index (χ3v) is 7.98. The number of esters is 1. The Morgan fingerprint density at radius 2 is 1.71 bits per heavy atom. The highest BCUT2D eigenvalue weighted by Gasteiger charge is 2.51. The molecule has 1 fully saturated rings. The largest absolute Gasteiger partial charge is 0.456 e. The zero-order chi connectivity index (χ0) is 27.3. The minimum atomic E-state index is -0.588. The van der Waals surface area contributed by atoms with Crippen LogP contribution < -0.4 is 0 Å². The first-order chi connectivity index (χ1) is 18.2. The number of benzene rings is 2. The third-order valence-electron chi connectivity index (χ3n) is 7.98. The summed E-state index contributed by atoms with van der Waals surface area (Å²) in [7, 11) is 0. The standard InChI is InChI=1S/C33H44N2O3/c1-6-8-18-29-34-33(7-2,26-14-10-9-11-15-26)31(37)35(29)23-24-19-21-25(22-20-24)27-16-12-13-17-28(27)30(36)38-32(3,4)5/h12-13,16-17,19-22,26H,6-11,14-15,18,23H2,1-5H3/t33-/m1/s1. The van der Waals surface area contributed by atoms with E-state index in [-0.39, 0.29) is 11.9 Å². The van der Waals surface area contributed by atoms with Crippen LogP contribution in [-0.4, -0.2) is 33.8 Å². The maximum Gasteiger partial charge on any atom is 0.339 e. The monoisotopic (exact) mass is 516 g/mol. The van der Waals surface area contributed by atoms with E-state index in [0.717, 1.165) is 61.1 Å². The molecule has 0 radical (unpaired) electrons. The fourth-order valence-electron chi connectivity index (χ4n) is 5.96. The van der Waals surface area contributed by atoms with Crippen molar-refractivity contribution >= 4 is 17.7 Å². The maximum atomic E-state index is 14.0. The SMILES string of the molecule is CCCCC1=N[C@](CC)(C2CCCCC2)C(=O)N1Cc1ccc(-c2ccccc2C(=O)OC(C)(C)C)cc1. The van der Waals surface area contributed by atoms with Crippen LogP contribution in [0.2, 0.25) is 0 Å². The van der Waals surface area contributed by atoms with Gasteiger partial charge in [-0.1, -0.05) is 82.0 Å². The van der Waals surface area contributed by atoms with E-state index in [1.165, 1.54) is 19.3 Å². The van der Waals surface area contributed by atoms with Crippen LogP contribution in [0.4, 0.5) is 0 Å². The van der Waals surface area contributed by atoms with Crippen molar-refractivity contribution in [3.05, 3.63) is 59.7 Å². The second-order valence-corrected chi connectivity index (χ2v) is 11.9. The maximum absolute atomic E-state index is 14.0. The van der Waals surface area contributed by atoms with Crippen molar-refractivity contribution in [1.82, 2.24) is 4.90 Å². The van der Waals surface area contributed by atoms with Crippen molar-refractivity contribution in [3.63, 3.8) is 0 Å². The van der Waals surface area contributed by atoms with E-state index in [2.05, 4.69) is 26.0 Å². The molecule has 4 rings (SSSR count). The molecule has 1 aliphatic carbocycles. The number of carbonyl (C=O) groups is 2. The summed E-state index contributed by atoms with van der Waals surface area (Å²) in [6.07, 6.45) is 9.60. The molecule has 2 aromatic rings. The van der Waals surface area contributed by atoms with Gasteiger partial charge in [0.05, 0.1) is 12.1 Å². The molecule has 5 heteroatoms. The highest BCUT2D eigenvalue weighted by Crippen LogP contribution is 2.42. The van der Waals surface area contributed by atoms with E-state index >= 15 is 0 Å². The zero-order valence-electron chi connectivity index (χ0n) is 23.9. The summed E-state index contributed by atoms with van der Waals surface area (Å²) in [6.45, 7) is 10.5. The molecular weight excluding hydrogens is 472 g/mol. The lowest BCUT2D eigenvalue weighted by Gasteiger charge is -2.35. The Bertz CT molecular complexity index is 1160. The fraction of sp³-hybridized carbons (Fsp3) is 0.545. The van der Waals surface area contributed by atoms with Gasteiger partial charge in [0.2, 0.25) is 0 Å². The predicted molar refractivity (Wildman–Crippen MR) is 154 cm³/mol. The molecule has 1 aliphatic heterocycles. The number of hydrogen-bond donors (Lipinski definition) is 0. The Hall–Kier alpha value is -2.95. The number of nitrogens with zero attached hydrogens (tertiary/aromatic N) is 2. The molecular formula is C33H44N2O3. The van der Waals surface area contributed by atoms with Crippen LogP contribution in [0.5, 0.6) is 0 Å². The molecule has 2 aromatic carbocycles. The first-order valence-corrected chi connectivity index (χ1v) is 14.5. The molecule has 0 aromatic heterocycles. The second kappa shape index (κ2) is 11.8. The first kappa shape index (κ1) is 28.1. The number of ether oxygens (including phenoxy) is 1. The Labute approximate surface area is 228 Å². The van der Waals surface area contributed by atoms with Gasteiger partial charge >= 0.3 is 5.97 Å². The van der Waals surface area contributed by atoms with Crippen molar-refractivity contribution in [2.24, 2.45) is 10.9 Å². The van der Waals surface area contributed by atoms with Gasteiger partial charge in [0.1, 0.15) is 17.0 Å².